The van der Waals surface area contributed by atoms with Crippen molar-refractivity contribution in [3.63, 3.8) is 0 Å². The summed E-state index contributed by atoms with van der Waals surface area (Å²) in [5.41, 5.74) is 8.62. The van der Waals surface area contributed by atoms with Crippen molar-refractivity contribution in [2.24, 2.45) is 0 Å². The standard InChI is InChI=1S/C22H25BrN4O4S/c1-13-4-5-16(10-14(13)2)24-19(28)8-9-20(29)26-27-22(32)25-21(30)12-31-17-6-7-18(23)15(3)11-17/h4-7,10-11H,8-9,12H2,1-3H3,(H,24,28)(H,26,29)(H2,25,27,30,32). The van der Waals surface area contributed by atoms with Gasteiger partial charge in [0.15, 0.2) is 11.7 Å². The van der Waals surface area contributed by atoms with Crippen LogP contribution in [0.15, 0.2) is 40.9 Å². The number of nitrogens with one attached hydrogen (secondary N) is 4. The largest absolute Gasteiger partial charge is 0.484 e. The van der Waals surface area contributed by atoms with Gasteiger partial charge in [0.1, 0.15) is 5.75 Å². The first-order chi connectivity index (χ1) is 15.1. The quantitative estimate of drug-likeness (QED) is 0.329. The molecule has 0 atom stereocenters. The number of amides is 3. The number of benzene rings is 2. The molecule has 0 saturated heterocycles. The maximum Gasteiger partial charge on any atom is 0.264 e. The van der Waals surface area contributed by atoms with Crippen molar-refractivity contribution in [3.8, 4) is 5.75 Å². The predicted octanol–water partition coefficient (Wildman–Crippen LogP) is 3.19. The Morgan fingerprint density at radius 2 is 1.59 bits per heavy atom. The zero-order chi connectivity index (χ0) is 23.7. The second-order valence-electron chi connectivity index (χ2n) is 7.10. The number of hydrogen-bond donors (Lipinski definition) is 4. The highest BCUT2D eigenvalue weighted by molar-refractivity contribution is 9.10. The fraction of sp³-hybridized carbons (Fsp3) is 0.273. The van der Waals surface area contributed by atoms with Gasteiger partial charge in [-0.3, -0.25) is 30.6 Å². The minimum atomic E-state index is -0.481. The van der Waals surface area contributed by atoms with Crippen molar-refractivity contribution < 1.29 is 19.1 Å². The number of anilines is 1. The molecule has 2 aromatic rings. The van der Waals surface area contributed by atoms with Crippen molar-refractivity contribution in [2.75, 3.05) is 11.9 Å². The number of hydrazine groups is 1. The lowest BCUT2D eigenvalue weighted by Gasteiger charge is -2.12. The van der Waals surface area contributed by atoms with E-state index < -0.39 is 11.8 Å². The van der Waals surface area contributed by atoms with E-state index in [1.54, 1.807) is 12.1 Å². The molecule has 0 aliphatic carbocycles. The van der Waals surface area contributed by atoms with Crippen LogP contribution in [-0.2, 0) is 14.4 Å². The van der Waals surface area contributed by atoms with E-state index >= 15 is 0 Å². The first-order valence-corrected chi connectivity index (χ1v) is 11.0. The van der Waals surface area contributed by atoms with Gasteiger partial charge in [0.25, 0.3) is 5.91 Å². The van der Waals surface area contributed by atoms with E-state index in [2.05, 4.69) is 37.4 Å². The van der Waals surface area contributed by atoms with Crippen LogP contribution in [0.4, 0.5) is 5.69 Å². The van der Waals surface area contributed by atoms with Gasteiger partial charge in [-0.2, -0.15) is 0 Å². The Balaban J connectivity index is 1.64. The molecule has 0 bridgehead atoms. The van der Waals surface area contributed by atoms with Crippen LogP contribution in [0.2, 0.25) is 0 Å². The molecule has 0 unspecified atom stereocenters. The highest BCUT2D eigenvalue weighted by atomic mass is 79.9. The normalized spacial score (nSPS) is 10.1. The number of rotatable bonds is 7. The number of aryl methyl sites for hydroxylation is 3. The minimum Gasteiger partial charge on any atom is -0.484 e. The van der Waals surface area contributed by atoms with Crippen LogP contribution in [0.25, 0.3) is 0 Å². The summed E-state index contributed by atoms with van der Waals surface area (Å²) in [4.78, 5) is 35.8. The van der Waals surface area contributed by atoms with Crippen LogP contribution in [0.3, 0.4) is 0 Å². The molecule has 4 N–H and O–H groups in total. The fourth-order valence-electron chi connectivity index (χ4n) is 2.51. The molecule has 2 rings (SSSR count). The van der Waals surface area contributed by atoms with Gasteiger partial charge in [-0.15, -0.1) is 0 Å². The number of carbonyl (C=O) groups is 3. The number of thiocarbonyl (C=S) groups is 1. The molecule has 0 radical (unpaired) electrons. The molecule has 0 aliphatic heterocycles. The van der Waals surface area contributed by atoms with Crippen LogP contribution in [0.1, 0.15) is 29.5 Å². The molecule has 0 aromatic heterocycles. The van der Waals surface area contributed by atoms with E-state index in [1.165, 1.54) is 0 Å². The summed E-state index contributed by atoms with van der Waals surface area (Å²) < 4.78 is 6.35. The Morgan fingerprint density at radius 1 is 0.875 bits per heavy atom. The molecule has 2 aromatic carbocycles. The number of halogens is 1. The van der Waals surface area contributed by atoms with Crippen molar-refractivity contribution in [1.82, 2.24) is 16.2 Å². The van der Waals surface area contributed by atoms with E-state index in [4.69, 9.17) is 17.0 Å². The topological polar surface area (TPSA) is 109 Å². The summed E-state index contributed by atoms with van der Waals surface area (Å²) in [5, 5.41) is 5.06. The molecule has 8 nitrogen and oxygen atoms in total. The van der Waals surface area contributed by atoms with E-state index in [9.17, 15) is 14.4 Å². The Hall–Kier alpha value is -2.98. The third-order valence-corrected chi connectivity index (χ3v) is 5.53. The zero-order valence-corrected chi connectivity index (χ0v) is 20.4. The zero-order valence-electron chi connectivity index (χ0n) is 18.0. The third kappa shape index (κ3) is 8.64. The SMILES string of the molecule is Cc1ccc(NC(=O)CCC(=O)NNC(=S)NC(=O)COc2ccc(Br)c(C)c2)cc1C. The summed E-state index contributed by atoms with van der Waals surface area (Å²) in [6.45, 7) is 5.61. The molecule has 0 heterocycles. The molecule has 0 fully saturated rings. The van der Waals surface area contributed by atoms with Gasteiger partial charge >= 0.3 is 0 Å². The second kappa shape index (κ2) is 12.2. The van der Waals surface area contributed by atoms with Crippen LogP contribution in [0, 0.1) is 20.8 Å². The van der Waals surface area contributed by atoms with Crippen molar-refractivity contribution >= 4 is 56.7 Å². The van der Waals surface area contributed by atoms with Gasteiger partial charge in [0.2, 0.25) is 11.8 Å². The van der Waals surface area contributed by atoms with Gasteiger partial charge < -0.3 is 10.1 Å². The molecule has 170 valence electrons. The molecule has 0 spiro atoms. The van der Waals surface area contributed by atoms with Crippen LogP contribution >= 0.6 is 28.1 Å². The molecule has 0 saturated carbocycles. The molecule has 10 heteroatoms. The summed E-state index contributed by atoms with van der Waals surface area (Å²) in [6.07, 6.45) is -0.0493. The molecular weight excluding hydrogens is 496 g/mol. The van der Waals surface area contributed by atoms with Crippen molar-refractivity contribution in [3.05, 3.63) is 57.6 Å². The van der Waals surface area contributed by atoms with Gasteiger partial charge in [-0.05, 0) is 80.0 Å². The third-order valence-electron chi connectivity index (χ3n) is 4.44. The maximum absolute atomic E-state index is 12.0. The van der Waals surface area contributed by atoms with E-state index in [0.717, 1.165) is 21.2 Å². The molecular formula is C22H25BrN4O4S. The smallest absolute Gasteiger partial charge is 0.264 e. The van der Waals surface area contributed by atoms with Crippen molar-refractivity contribution in [2.45, 2.75) is 33.6 Å². The number of carbonyl (C=O) groups excluding carboxylic acids is 3. The Bertz CT molecular complexity index is 1030. The van der Waals surface area contributed by atoms with Gasteiger partial charge in [0, 0.05) is 23.0 Å². The Labute approximate surface area is 200 Å². The van der Waals surface area contributed by atoms with E-state index in [0.29, 0.717) is 11.4 Å². The average molecular weight is 521 g/mol. The van der Waals surface area contributed by atoms with Crippen LogP contribution in [-0.4, -0.2) is 29.4 Å². The monoisotopic (exact) mass is 520 g/mol. The van der Waals surface area contributed by atoms with Gasteiger partial charge in [-0.1, -0.05) is 22.0 Å². The number of ether oxygens (including phenoxy) is 1. The molecule has 3 amide bonds. The predicted molar refractivity (Wildman–Crippen MR) is 130 cm³/mol. The lowest BCUT2D eigenvalue weighted by molar-refractivity contribution is -0.125. The maximum atomic E-state index is 12.0. The average Bonchev–Trinajstić information content (AvgIpc) is 2.74. The lowest BCUT2D eigenvalue weighted by atomic mass is 10.1. The fourth-order valence-corrected chi connectivity index (χ4v) is 2.92. The summed E-state index contributed by atoms with van der Waals surface area (Å²) in [7, 11) is 0. The molecule has 32 heavy (non-hydrogen) atoms. The highest BCUT2D eigenvalue weighted by Gasteiger charge is 2.10. The molecule has 0 aliphatic rings. The summed E-state index contributed by atoms with van der Waals surface area (Å²) in [5.74, 6) is -0.657. The number of hydrogen-bond acceptors (Lipinski definition) is 5. The van der Waals surface area contributed by atoms with Gasteiger partial charge in [0.05, 0.1) is 0 Å². The van der Waals surface area contributed by atoms with Crippen LogP contribution < -0.4 is 26.2 Å². The lowest BCUT2D eigenvalue weighted by Crippen LogP contribution is -2.49. The first kappa shape index (κ1) is 25.3. The van der Waals surface area contributed by atoms with E-state index in [-0.39, 0.29) is 30.5 Å². The van der Waals surface area contributed by atoms with E-state index in [1.807, 2.05) is 45.0 Å². The van der Waals surface area contributed by atoms with Crippen molar-refractivity contribution in [1.29, 1.82) is 0 Å². The highest BCUT2D eigenvalue weighted by Crippen LogP contribution is 2.21. The Kier molecular flexibility index (Phi) is 9.61. The first-order valence-electron chi connectivity index (χ1n) is 9.79. The second-order valence-corrected chi connectivity index (χ2v) is 8.36. The van der Waals surface area contributed by atoms with Gasteiger partial charge in [-0.25, -0.2) is 0 Å². The minimum absolute atomic E-state index is 0.00000504. The Morgan fingerprint density at radius 3 is 2.28 bits per heavy atom. The summed E-state index contributed by atoms with van der Waals surface area (Å²) in [6, 6.07) is 11.0. The van der Waals surface area contributed by atoms with Crippen LogP contribution in [0.5, 0.6) is 5.75 Å². The summed E-state index contributed by atoms with van der Waals surface area (Å²) >= 11 is 8.36.